The summed E-state index contributed by atoms with van der Waals surface area (Å²) >= 11 is 5.89. The number of likely N-dealkylation sites (N-methyl/N-ethyl adjacent to an activating group) is 1. The number of hydrogen-bond donors (Lipinski definition) is 0. The Labute approximate surface area is 183 Å². The maximum atomic E-state index is 12.7. The second kappa shape index (κ2) is 7.63. The van der Waals surface area contributed by atoms with Gasteiger partial charge >= 0.3 is 12.1 Å². The molecule has 0 bridgehead atoms. The number of ketones is 1. The summed E-state index contributed by atoms with van der Waals surface area (Å²) in [7, 11) is 4.37. The molecule has 0 radical (unpaired) electrons. The molecule has 1 unspecified atom stereocenters. The predicted octanol–water partition coefficient (Wildman–Crippen LogP) is 2.79. The molecular formula is C22H19ClN4O4. The van der Waals surface area contributed by atoms with Crippen LogP contribution in [0.2, 0.25) is 5.02 Å². The first-order valence-corrected chi connectivity index (χ1v) is 9.82. The zero-order chi connectivity index (χ0) is 22.3. The van der Waals surface area contributed by atoms with Crippen molar-refractivity contribution in [2.45, 2.75) is 12.1 Å². The number of amidine groups is 1. The fraction of sp³-hybridized carbons (Fsp3) is 0.227. The molecule has 1 atom stereocenters. The molecule has 3 amide bonds. The number of carbonyl (C=O) groups excluding carboxylic acids is 3. The monoisotopic (exact) mass is 438 g/mol. The second-order valence-corrected chi connectivity index (χ2v) is 7.73. The number of urea groups is 1. The van der Waals surface area contributed by atoms with Crippen LogP contribution in [-0.4, -0.2) is 66.1 Å². The van der Waals surface area contributed by atoms with Gasteiger partial charge in [-0.2, -0.15) is 9.98 Å². The summed E-state index contributed by atoms with van der Waals surface area (Å²) in [4.78, 5) is 49.0. The summed E-state index contributed by atoms with van der Waals surface area (Å²) < 4.78 is 5.14. The Kier molecular flexibility index (Phi) is 5.10. The predicted molar refractivity (Wildman–Crippen MR) is 116 cm³/mol. The van der Waals surface area contributed by atoms with Gasteiger partial charge in [-0.05, 0) is 29.8 Å². The van der Waals surface area contributed by atoms with Gasteiger partial charge in [-0.3, -0.25) is 19.4 Å². The zero-order valence-corrected chi connectivity index (χ0v) is 17.9. The molecule has 0 saturated carbocycles. The molecule has 0 aliphatic carbocycles. The van der Waals surface area contributed by atoms with Gasteiger partial charge in [0, 0.05) is 36.7 Å². The molecule has 31 heavy (non-hydrogen) atoms. The van der Waals surface area contributed by atoms with E-state index < -0.39 is 17.6 Å². The number of carbonyl (C=O) groups is 3. The highest BCUT2D eigenvalue weighted by Crippen LogP contribution is 2.33. The lowest BCUT2D eigenvalue weighted by atomic mass is 9.90. The van der Waals surface area contributed by atoms with Crippen LogP contribution in [0.5, 0.6) is 0 Å². The van der Waals surface area contributed by atoms with E-state index in [0.717, 1.165) is 10.5 Å². The van der Waals surface area contributed by atoms with Crippen LogP contribution in [-0.2, 0) is 16.0 Å². The van der Waals surface area contributed by atoms with Crippen LogP contribution >= 0.6 is 11.6 Å². The number of benzene rings is 2. The lowest BCUT2D eigenvalue weighted by Gasteiger charge is -2.42. The van der Waals surface area contributed by atoms with E-state index in [1.807, 2.05) is 0 Å². The zero-order valence-electron chi connectivity index (χ0n) is 17.1. The highest BCUT2D eigenvalue weighted by Gasteiger charge is 2.55. The number of ether oxygens (including phenoxy) is 1. The molecule has 2 aromatic rings. The molecule has 0 spiro atoms. The molecule has 2 aliphatic rings. The topological polar surface area (TPSA) is 91.6 Å². The molecule has 2 aromatic carbocycles. The molecule has 2 heterocycles. The molecule has 158 valence electrons. The highest BCUT2D eigenvalue weighted by atomic mass is 35.5. The number of imide groups is 1. The first-order chi connectivity index (χ1) is 14.8. The van der Waals surface area contributed by atoms with Crippen LogP contribution < -0.4 is 0 Å². The van der Waals surface area contributed by atoms with Gasteiger partial charge in [0.1, 0.15) is 0 Å². The molecule has 9 heteroatoms. The van der Waals surface area contributed by atoms with Crippen molar-refractivity contribution in [2.24, 2.45) is 9.98 Å². The van der Waals surface area contributed by atoms with Crippen molar-refractivity contribution in [1.82, 2.24) is 9.80 Å². The van der Waals surface area contributed by atoms with Crippen molar-refractivity contribution in [3.8, 4) is 0 Å². The van der Waals surface area contributed by atoms with Crippen LogP contribution in [0.15, 0.2) is 58.5 Å². The molecule has 2 aliphatic heterocycles. The Bertz CT molecular complexity index is 1140. The third-order valence-electron chi connectivity index (χ3n) is 5.46. The van der Waals surface area contributed by atoms with Crippen LogP contribution in [0.1, 0.15) is 21.5 Å². The molecule has 1 saturated heterocycles. The first-order valence-electron chi connectivity index (χ1n) is 9.45. The summed E-state index contributed by atoms with van der Waals surface area (Å²) in [5.74, 6) is -0.653. The lowest BCUT2D eigenvalue weighted by Crippen LogP contribution is -2.66. The summed E-state index contributed by atoms with van der Waals surface area (Å²) in [6.07, 6.45) is 0.204. The number of rotatable bonds is 4. The van der Waals surface area contributed by atoms with Gasteiger partial charge in [0.2, 0.25) is 0 Å². The number of hydrogen-bond acceptors (Lipinski definition) is 6. The second-order valence-electron chi connectivity index (χ2n) is 7.29. The standard InChI is InChI=1S/C22H19ClN4O4/c1-26-19(29)18-22(27(2)21(26)30,25-20(24-18)31-3)12-13-4-6-14(7-5-13)17(28)15-8-10-16(23)11-9-15/h4-11H,12H2,1-3H3. The van der Waals surface area contributed by atoms with Crippen molar-refractivity contribution < 1.29 is 19.1 Å². The molecule has 4 rings (SSSR count). The number of fused-ring (bicyclic) bond motifs is 1. The summed E-state index contributed by atoms with van der Waals surface area (Å²) in [6, 6.07) is 13.2. The Morgan fingerprint density at radius 2 is 1.61 bits per heavy atom. The van der Waals surface area contributed by atoms with E-state index in [4.69, 9.17) is 16.3 Å². The Morgan fingerprint density at radius 1 is 1.03 bits per heavy atom. The Morgan fingerprint density at radius 3 is 2.19 bits per heavy atom. The van der Waals surface area contributed by atoms with Crippen molar-refractivity contribution >= 4 is 41.1 Å². The van der Waals surface area contributed by atoms with Crippen molar-refractivity contribution in [3.63, 3.8) is 0 Å². The minimum absolute atomic E-state index is 0.0350. The third kappa shape index (κ3) is 3.38. The molecule has 0 aromatic heterocycles. The molecule has 8 nitrogen and oxygen atoms in total. The highest BCUT2D eigenvalue weighted by molar-refractivity contribution is 6.48. The Balaban J connectivity index is 1.64. The van der Waals surface area contributed by atoms with Gasteiger partial charge in [0.05, 0.1) is 7.11 Å². The maximum absolute atomic E-state index is 12.7. The van der Waals surface area contributed by atoms with Gasteiger partial charge in [-0.25, -0.2) is 4.79 Å². The quantitative estimate of drug-likeness (QED) is 0.686. The fourth-order valence-electron chi connectivity index (χ4n) is 3.66. The first kappa shape index (κ1) is 20.7. The molecule has 1 fully saturated rings. The Hall–Kier alpha value is -3.52. The summed E-state index contributed by atoms with van der Waals surface area (Å²) in [5, 5.41) is 0.558. The maximum Gasteiger partial charge on any atom is 0.328 e. The van der Waals surface area contributed by atoms with E-state index in [2.05, 4.69) is 9.98 Å². The van der Waals surface area contributed by atoms with E-state index in [-0.39, 0.29) is 23.9 Å². The number of nitrogens with zero attached hydrogens (tertiary/aromatic N) is 4. The van der Waals surface area contributed by atoms with E-state index in [1.54, 1.807) is 55.6 Å². The average Bonchev–Trinajstić information content (AvgIpc) is 3.17. The number of halogens is 1. The van der Waals surface area contributed by atoms with Gasteiger partial charge in [-0.15, -0.1) is 0 Å². The minimum Gasteiger partial charge on any atom is -0.467 e. The number of aliphatic imine (C=N–C) groups is 2. The van der Waals surface area contributed by atoms with Crippen molar-refractivity contribution in [1.29, 1.82) is 0 Å². The summed E-state index contributed by atoms with van der Waals surface area (Å²) in [6.45, 7) is 0. The van der Waals surface area contributed by atoms with Gasteiger partial charge in [0.25, 0.3) is 5.91 Å². The van der Waals surface area contributed by atoms with Gasteiger partial charge in [-0.1, -0.05) is 35.9 Å². The number of methoxy groups -OCH3 is 1. The normalized spacial score (nSPS) is 20.4. The SMILES string of the molecule is COC1=NC2(Cc3ccc(C(=O)c4ccc(Cl)cc4)cc3)C(=N1)C(=O)N(C)C(=O)N2C. The molecule has 0 N–H and O–H groups in total. The smallest absolute Gasteiger partial charge is 0.328 e. The van der Waals surface area contributed by atoms with E-state index >= 15 is 0 Å². The van der Waals surface area contributed by atoms with E-state index in [1.165, 1.54) is 19.1 Å². The third-order valence-corrected chi connectivity index (χ3v) is 5.71. The van der Waals surface area contributed by atoms with Gasteiger partial charge in [0.15, 0.2) is 17.2 Å². The van der Waals surface area contributed by atoms with Crippen molar-refractivity contribution in [2.75, 3.05) is 21.2 Å². The van der Waals surface area contributed by atoms with Crippen LogP contribution in [0.3, 0.4) is 0 Å². The summed E-state index contributed by atoms with van der Waals surface area (Å²) in [5.41, 5.74) is 0.636. The van der Waals surface area contributed by atoms with E-state index in [9.17, 15) is 14.4 Å². The van der Waals surface area contributed by atoms with Crippen LogP contribution in [0.25, 0.3) is 0 Å². The van der Waals surface area contributed by atoms with Crippen molar-refractivity contribution in [3.05, 3.63) is 70.2 Å². The van der Waals surface area contributed by atoms with Gasteiger partial charge < -0.3 is 4.74 Å². The average molecular weight is 439 g/mol. The minimum atomic E-state index is -1.30. The van der Waals surface area contributed by atoms with E-state index in [0.29, 0.717) is 16.1 Å². The largest absolute Gasteiger partial charge is 0.467 e. The fourth-order valence-corrected chi connectivity index (χ4v) is 3.79. The molecular weight excluding hydrogens is 420 g/mol. The lowest BCUT2D eigenvalue weighted by molar-refractivity contribution is -0.122. The van der Waals surface area contributed by atoms with Crippen LogP contribution in [0.4, 0.5) is 4.79 Å². The van der Waals surface area contributed by atoms with Crippen LogP contribution in [0, 0.1) is 0 Å². The number of amides is 3.